The molecule has 0 saturated heterocycles. The predicted octanol–water partition coefficient (Wildman–Crippen LogP) is 0.571. The van der Waals surface area contributed by atoms with Gasteiger partial charge in [0.2, 0.25) is 0 Å². The maximum atomic E-state index is 11.8. The molecule has 0 rings (SSSR count). The predicted molar refractivity (Wildman–Crippen MR) is 101 cm³/mol. The number of nitriles is 3. The van der Waals surface area contributed by atoms with Gasteiger partial charge in [0, 0.05) is 6.08 Å². The molecule has 0 aromatic rings. The first kappa shape index (κ1) is 26.3. The Kier molecular flexibility index (Phi) is 10.8. The minimum absolute atomic E-state index is 0.554. The van der Waals surface area contributed by atoms with E-state index in [0.717, 1.165) is 6.08 Å². The molecule has 0 amide bonds. The highest BCUT2D eigenvalue weighted by Crippen LogP contribution is 2.22. The van der Waals surface area contributed by atoms with E-state index < -0.39 is 72.4 Å². The van der Waals surface area contributed by atoms with E-state index in [1.54, 1.807) is 0 Å². The van der Waals surface area contributed by atoms with Crippen LogP contribution < -0.4 is 0 Å². The van der Waals surface area contributed by atoms with Crippen molar-refractivity contribution in [2.45, 2.75) is 0 Å². The van der Waals surface area contributed by atoms with E-state index in [2.05, 4.69) is 26.3 Å². The van der Waals surface area contributed by atoms with Crippen LogP contribution >= 0.6 is 0 Å². The molecule has 0 heterocycles. The van der Waals surface area contributed by atoms with E-state index in [1.165, 1.54) is 18.2 Å². The van der Waals surface area contributed by atoms with Crippen LogP contribution in [0, 0.1) is 39.4 Å². The molecule has 0 fully saturated rings. The van der Waals surface area contributed by atoms with E-state index in [0.29, 0.717) is 0 Å². The summed E-state index contributed by atoms with van der Waals surface area (Å²) < 4.78 is 19.7. The van der Waals surface area contributed by atoms with E-state index in [4.69, 9.17) is 34.7 Å². The van der Waals surface area contributed by atoms with Gasteiger partial charge >= 0.3 is 23.9 Å². The lowest BCUT2D eigenvalue weighted by Crippen LogP contribution is -2.44. The number of esters is 4. The van der Waals surface area contributed by atoms with Crippen molar-refractivity contribution in [3.05, 3.63) is 49.1 Å². The molecule has 11 nitrogen and oxygen atoms in total. The molecule has 0 aliphatic carbocycles. The molecule has 160 valence electrons. The summed E-state index contributed by atoms with van der Waals surface area (Å²) in [6.07, 6.45) is 0.821. The number of carbonyl (C=O) groups is 4. The SMILES string of the molecule is C=CC(=O)OCC(COC(=O)C(=C)C#N)(COC(=O)C(=C)C#N)COC(=O)C(=C)C#N. The van der Waals surface area contributed by atoms with Crippen LogP contribution in [0.5, 0.6) is 0 Å². The molecule has 0 atom stereocenters. The Morgan fingerprint density at radius 2 is 0.968 bits per heavy atom. The van der Waals surface area contributed by atoms with Gasteiger partial charge in [0.15, 0.2) is 0 Å². The number of carbonyl (C=O) groups excluding carboxylic acids is 4. The summed E-state index contributed by atoms with van der Waals surface area (Å²) in [6.45, 7) is 10.1. The largest absolute Gasteiger partial charge is 0.462 e. The van der Waals surface area contributed by atoms with E-state index >= 15 is 0 Å². The number of hydrogen-bond acceptors (Lipinski definition) is 11. The Balaban J connectivity index is 5.83. The molecule has 0 aliphatic heterocycles. The van der Waals surface area contributed by atoms with Crippen LogP contribution in [0.15, 0.2) is 49.1 Å². The molecular weight excluding hydrogens is 410 g/mol. The maximum Gasteiger partial charge on any atom is 0.348 e. The monoisotopic (exact) mass is 427 g/mol. The van der Waals surface area contributed by atoms with Gasteiger partial charge in [-0.15, -0.1) is 0 Å². The van der Waals surface area contributed by atoms with Gasteiger partial charge in [0.25, 0.3) is 0 Å². The minimum Gasteiger partial charge on any atom is -0.462 e. The third kappa shape index (κ3) is 8.90. The zero-order chi connectivity index (χ0) is 24.0. The molecule has 0 aliphatic rings. The van der Waals surface area contributed by atoms with Gasteiger partial charge in [0.1, 0.15) is 66.8 Å². The number of nitrogens with zero attached hydrogens (tertiary/aromatic N) is 3. The van der Waals surface area contributed by atoms with Crippen molar-refractivity contribution in [3.63, 3.8) is 0 Å². The third-order valence-corrected chi connectivity index (χ3v) is 3.36. The first-order valence-electron chi connectivity index (χ1n) is 8.13. The van der Waals surface area contributed by atoms with Crippen molar-refractivity contribution in [2.24, 2.45) is 5.41 Å². The van der Waals surface area contributed by atoms with E-state index in [-0.39, 0.29) is 0 Å². The first-order valence-corrected chi connectivity index (χ1v) is 8.13. The van der Waals surface area contributed by atoms with Gasteiger partial charge in [-0.1, -0.05) is 26.3 Å². The lowest BCUT2D eigenvalue weighted by atomic mass is 9.92. The molecule has 0 spiro atoms. The van der Waals surface area contributed by atoms with Crippen molar-refractivity contribution in [1.29, 1.82) is 15.8 Å². The Hall–Kier alpha value is -4.69. The molecule has 0 N–H and O–H groups in total. The summed E-state index contributed by atoms with van der Waals surface area (Å²) in [4.78, 5) is 46.9. The summed E-state index contributed by atoms with van der Waals surface area (Å²) in [5.74, 6) is -4.31. The number of hydrogen-bond donors (Lipinski definition) is 0. The van der Waals surface area contributed by atoms with Crippen LogP contribution in [0.3, 0.4) is 0 Å². The second-order valence-corrected chi connectivity index (χ2v) is 5.81. The average molecular weight is 427 g/mol. The Morgan fingerprint density at radius 3 is 1.23 bits per heavy atom. The molecule has 0 aromatic carbocycles. The van der Waals surface area contributed by atoms with Gasteiger partial charge in [-0.25, -0.2) is 19.2 Å². The molecule has 31 heavy (non-hydrogen) atoms. The Morgan fingerprint density at radius 1 is 0.677 bits per heavy atom. The highest BCUT2D eigenvalue weighted by atomic mass is 16.6. The fourth-order valence-electron chi connectivity index (χ4n) is 1.59. The second-order valence-electron chi connectivity index (χ2n) is 5.81. The quantitative estimate of drug-likeness (QED) is 0.184. The van der Waals surface area contributed by atoms with Crippen molar-refractivity contribution in [2.75, 3.05) is 26.4 Å². The third-order valence-electron chi connectivity index (χ3n) is 3.36. The minimum atomic E-state index is -1.69. The van der Waals surface area contributed by atoms with Gasteiger partial charge in [0.05, 0.1) is 0 Å². The molecule has 0 aromatic heterocycles. The van der Waals surface area contributed by atoms with Crippen molar-refractivity contribution >= 4 is 23.9 Å². The van der Waals surface area contributed by atoms with E-state index in [1.807, 2.05) is 0 Å². The van der Waals surface area contributed by atoms with Crippen LogP contribution in [0.25, 0.3) is 0 Å². The summed E-state index contributed by atoms with van der Waals surface area (Å²) in [6, 6.07) is 4.42. The van der Waals surface area contributed by atoms with Crippen molar-refractivity contribution < 1.29 is 38.1 Å². The standard InChI is InChI=1S/C20H17N3O8/c1-5-16(24)28-9-20(10-29-17(25)13(2)6-21,11-30-18(26)14(3)7-22)12-31-19(27)15(4)8-23/h5H,1-4,9-12H2. The molecule has 0 saturated carbocycles. The summed E-state index contributed by atoms with van der Waals surface area (Å²) >= 11 is 0. The lowest BCUT2D eigenvalue weighted by molar-refractivity contribution is -0.164. The van der Waals surface area contributed by atoms with Gasteiger partial charge in [-0.2, -0.15) is 15.8 Å². The van der Waals surface area contributed by atoms with Crippen LogP contribution in [-0.4, -0.2) is 50.3 Å². The zero-order valence-corrected chi connectivity index (χ0v) is 16.3. The van der Waals surface area contributed by atoms with Crippen LogP contribution in [0.1, 0.15) is 0 Å². The van der Waals surface area contributed by atoms with Crippen molar-refractivity contribution in [3.8, 4) is 18.2 Å². The number of rotatable bonds is 12. The van der Waals surface area contributed by atoms with Gasteiger partial charge in [-0.3, -0.25) is 0 Å². The molecule has 0 unspecified atom stereocenters. The highest BCUT2D eigenvalue weighted by molar-refractivity contribution is 5.93. The average Bonchev–Trinajstić information content (AvgIpc) is 2.80. The molecule has 0 bridgehead atoms. The number of ether oxygens (including phenoxy) is 4. The second kappa shape index (κ2) is 12.7. The Labute approximate surface area is 177 Å². The van der Waals surface area contributed by atoms with Crippen molar-refractivity contribution in [1.82, 2.24) is 0 Å². The summed E-state index contributed by atoms with van der Waals surface area (Å²) in [5, 5.41) is 26.2. The topological polar surface area (TPSA) is 177 Å². The van der Waals surface area contributed by atoms with E-state index in [9.17, 15) is 19.2 Å². The van der Waals surface area contributed by atoms with Crippen LogP contribution in [-0.2, 0) is 38.1 Å². The fraction of sp³-hybridized carbons (Fsp3) is 0.250. The van der Waals surface area contributed by atoms with Crippen LogP contribution in [0.4, 0.5) is 0 Å². The zero-order valence-electron chi connectivity index (χ0n) is 16.3. The lowest BCUT2D eigenvalue weighted by Gasteiger charge is -2.31. The summed E-state index contributed by atoms with van der Waals surface area (Å²) in [5.41, 5.74) is -3.36. The van der Waals surface area contributed by atoms with Gasteiger partial charge in [-0.05, 0) is 0 Å². The normalized spacial score (nSPS) is 9.45. The molecular formula is C20H17N3O8. The smallest absolute Gasteiger partial charge is 0.348 e. The fourth-order valence-corrected chi connectivity index (χ4v) is 1.59. The van der Waals surface area contributed by atoms with Gasteiger partial charge < -0.3 is 18.9 Å². The molecule has 0 radical (unpaired) electrons. The Bertz CT molecular complexity index is 840. The molecule has 11 heteroatoms. The summed E-state index contributed by atoms with van der Waals surface area (Å²) in [7, 11) is 0. The highest BCUT2D eigenvalue weighted by Gasteiger charge is 2.38. The maximum absolute atomic E-state index is 11.8. The van der Waals surface area contributed by atoms with Crippen LogP contribution in [0.2, 0.25) is 0 Å². The first-order chi connectivity index (χ1) is 14.6.